The summed E-state index contributed by atoms with van der Waals surface area (Å²) in [6, 6.07) is 7.53. The van der Waals surface area contributed by atoms with E-state index in [9.17, 15) is 5.11 Å². The van der Waals surface area contributed by atoms with E-state index in [1.807, 2.05) is 24.3 Å². The predicted octanol–water partition coefficient (Wildman–Crippen LogP) is 3.39. The summed E-state index contributed by atoms with van der Waals surface area (Å²) in [5, 5.41) is 9.75. The van der Waals surface area contributed by atoms with Crippen molar-refractivity contribution in [1.29, 1.82) is 0 Å². The van der Waals surface area contributed by atoms with E-state index in [0.717, 1.165) is 23.1 Å². The Morgan fingerprint density at radius 2 is 1.72 bits per heavy atom. The first-order chi connectivity index (χ1) is 8.65. The van der Waals surface area contributed by atoms with Crippen LogP contribution in [0.5, 0.6) is 5.75 Å². The van der Waals surface area contributed by atoms with E-state index in [1.165, 1.54) is 0 Å². The summed E-state index contributed by atoms with van der Waals surface area (Å²) >= 11 is 3.36. The highest BCUT2D eigenvalue weighted by Gasteiger charge is 2.09. The van der Waals surface area contributed by atoms with Crippen LogP contribution in [-0.2, 0) is 4.74 Å². The Bertz CT molecular complexity index is 322. The van der Waals surface area contributed by atoms with Gasteiger partial charge in [-0.3, -0.25) is 0 Å². The maximum absolute atomic E-state index is 9.75. The molecule has 0 aliphatic heterocycles. The molecule has 1 aromatic rings. The monoisotopic (exact) mass is 316 g/mol. The number of halogens is 1. The summed E-state index contributed by atoms with van der Waals surface area (Å²) in [6.07, 6.45) is 1.58. The van der Waals surface area contributed by atoms with Crippen LogP contribution >= 0.6 is 15.9 Å². The first-order valence-corrected chi connectivity index (χ1v) is 7.13. The number of rotatable bonds is 8. The highest BCUT2D eigenvalue weighted by atomic mass is 79.9. The van der Waals surface area contributed by atoms with Gasteiger partial charge in [0.05, 0.1) is 12.7 Å². The number of aliphatic hydroxyl groups excluding tert-OH is 1. The molecular formula is C14H21BrO3. The smallest absolute Gasteiger partial charge is 0.119 e. The first kappa shape index (κ1) is 15.5. The molecular weight excluding hydrogens is 296 g/mol. The van der Waals surface area contributed by atoms with E-state index in [-0.39, 0.29) is 12.7 Å². The Morgan fingerprint density at radius 1 is 1.11 bits per heavy atom. The zero-order chi connectivity index (χ0) is 13.4. The van der Waals surface area contributed by atoms with Crippen LogP contribution in [0.1, 0.15) is 26.7 Å². The van der Waals surface area contributed by atoms with Gasteiger partial charge < -0.3 is 14.6 Å². The van der Waals surface area contributed by atoms with Crippen LogP contribution in [0.4, 0.5) is 0 Å². The summed E-state index contributed by atoms with van der Waals surface area (Å²) in [7, 11) is 0. The van der Waals surface area contributed by atoms with Gasteiger partial charge in [-0.25, -0.2) is 0 Å². The van der Waals surface area contributed by atoms with E-state index >= 15 is 0 Å². The fourth-order valence-corrected chi connectivity index (χ4v) is 1.81. The highest BCUT2D eigenvalue weighted by Crippen LogP contribution is 2.16. The fourth-order valence-electron chi connectivity index (χ4n) is 1.54. The average Bonchev–Trinajstić information content (AvgIpc) is 2.39. The number of hydrogen-bond donors (Lipinski definition) is 1. The van der Waals surface area contributed by atoms with Crippen molar-refractivity contribution in [3.05, 3.63) is 28.7 Å². The van der Waals surface area contributed by atoms with Crippen molar-refractivity contribution >= 4 is 15.9 Å². The molecule has 0 amide bonds. The van der Waals surface area contributed by atoms with E-state index in [4.69, 9.17) is 9.47 Å². The highest BCUT2D eigenvalue weighted by molar-refractivity contribution is 9.10. The Balaban J connectivity index is 2.24. The van der Waals surface area contributed by atoms with Gasteiger partial charge in [0.15, 0.2) is 0 Å². The molecule has 4 heteroatoms. The predicted molar refractivity (Wildman–Crippen MR) is 76.0 cm³/mol. The molecule has 1 N–H and O–H groups in total. The lowest BCUT2D eigenvalue weighted by molar-refractivity contribution is -0.0267. The van der Waals surface area contributed by atoms with Gasteiger partial charge in [-0.15, -0.1) is 0 Å². The maximum Gasteiger partial charge on any atom is 0.119 e. The second kappa shape index (κ2) is 8.51. The number of benzene rings is 1. The van der Waals surface area contributed by atoms with Crippen molar-refractivity contribution in [2.24, 2.45) is 0 Å². The zero-order valence-electron chi connectivity index (χ0n) is 10.9. The number of ether oxygens (including phenoxy) is 2. The molecule has 1 unspecified atom stereocenters. The van der Waals surface area contributed by atoms with Crippen molar-refractivity contribution in [3.63, 3.8) is 0 Å². The van der Waals surface area contributed by atoms with Gasteiger partial charge in [-0.1, -0.05) is 29.8 Å². The molecule has 0 aliphatic rings. The van der Waals surface area contributed by atoms with Crippen molar-refractivity contribution < 1.29 is 14.6 Å². The van der Waals surface area contributed by atoms with E-state index in [2.05, 4.69) is 29.8 Å². The van der Waals surface area contributed by atoms with E-state index in [1.54, 1.807) is 0 Å². The van der Waals surface area contributed by atoms with Gasteiger partial charge in [0.25, 0.3) is 0 Å². The molecule has 0 aliphatic carbocycles. The van der Waals surface area contributed by atoms with Crippen LogP contribution in [0.25, 0.3) is 0 Å². The van der Waals surface area contributed by atoms with Crippen molar-refractivity contribution in [3.8, 4) is 5.75 Å². The second-order valence-electron chi connectivity index (χ2n) is 4.19. The molecule has 1 rings (SSSR count). The average molecular weight is 317 g/mol. The number of hydrogen-bond acceptors (Lipinski definition) is 3. The van der Waals surface area contributed by atoms with Gasteiger partial charge >= 0.3 is 0 Å². The molecule has 0 spiro atoms. The Morgan fingerprint density at radius 3 is 2.28 bits per heavy atom. The second-order valence-corrected chi connectivity index (χ2v) is 5.11. The standard InChI is InChI=1S/C14H21BrO3/c1-3-13(4-2)17-9-12(16)10-18-14-7-5-11(15)6-8-14/h5-8,12-13,16H,3-4,9-10H2,1-2H3. The van der Waals surface area contributed by atoms with Crippen LogP contribution in [0.15, 0.2) is 28.7 Å². The van der Waals surface area contributed by atoms with E-state index < -0.39 is 6.10 Å². The summed E-state index contributed by atoms with van der Waals surface area (Å²) in [5.74, 6) is 0.750. The molecule has 1 aromatic carbocycles. The minimum Gasteiger partial charge on any atom is -0.491 e. The van der Waals surface area contributed by atoms with Crippen molar-refractivity contribution in [1.82, 2.24) is 0 Å². The summed E-state index contributed by atoms with van der Waals surface area (Å²) in [4.78, 5) is 0. The normalized spacial score (nSPS) is 12.7. The topological polar surface area (TPSA) is 38.7 Å². The Hall–Kier alpha value is -0.580. The molecule has 0 radical (unpaired) electrons. The molecule has 0 fully saturated rings. The minimum absolute atomic E-state index is 0.229. The third-order valence-electron chi connectivity index (χ3n) is 2.69. The Kier molecular flexibility index (Phi) is 7.32. The summed E-state index contributed by atoms with van der Waals surface area (Å²) in [5.41, 5.74) is 0. The molecule has 0 aromatic heterocycles. The van der Waals surface area contributed by atoms with Crippen LogP contribution in [0.2, 0.25) is 0 Å². The van der Waals surface area contributed by atoms with Crippen LogP contribution < -0.4 is 4.74 Å². The molecule has 3 nitrogen and oxygen atoms in total. The molecule has 1 atom stereocenters. The largest absolute Gasteiger partial charge is 0.491 e. The lowest BCUT2D eigenvalue weighted by Gasteiger charge is -2.17. The first-order valence-electron chi connectivity index (χ1n) is 6.33. The van der Waals surface area contributed by atoms with Crippen LogP contribution in [0, 0.1) is 0 Å². The lowest BCUT2D eigenvalue weighted by Crippen LogP contribution is -2.26. The molecule has 102 valence electrons. The van der Waals surface area contributed by atoms with Gasteiger partial charge in [-0.05, 0) is 37.1 Å². The van der Waals surface area contributed by atoms with Crippen molar-refractivity contribution in [2.75, 3.05) is 13.2 Å². The third kappa shape index (κ3) is 5.85. The quantitative estimate of drug-likeness (QED) is 0.799. The van der Waals surface area contributed by atoms with Crippen LogP contribution in [-0.4, -0.2) is 30.5 Å². The molecule has 0 saturated heterocycles. The summed E-state index contributed by atoms with van der Waals surface area (Å²) < 4.78 is 12.1. The Labute approximate surface area is 117 Å². The fraction of sp³-hybridized carbons (Fsp3) is 0.571. The lowest BCUT2D eigenvalue weighted by atomic mass is 10.2. The number of aliphatic hydroxyl groups is 1. The van der Waals surface area contributed by atoms with Gasteiger partial charge in [0.2, 0.25) is 0 Å². The molecule has 0 heterocycles. The van der Waals surface area contributed by atoms with Crippen molar-refractivity contribution in [2.45, 2.75) is 38.9 Å². The third-order valence-corrected chi connectivity index (χ3v) is 3.22. The van der Waals surface area contributed by atoms with Crippen LogP contribution in [0.3, 0.4) is 0 Å². The van der Waals surface area contributed by atoms with Gasteiger partial charge in [0, 0.05) is 4.47 Å². The molecule has 18 heavy (non-hydrogen) atoms. The maximum atomic E-state index is 9.75. The van der Waals surface area contributed by atoms with E-state index in [0.29, 0.717) is 6.61 Å². The SMILES string of the molecule is CCC(CC)OCC(O)COc1ccc(Br)cc1. The minimum atomic E-state index is -0.589. The molecule has 0 bridgehead atoms. The zero-order valence-corrected chi connectivity index (χ0v) is 12.5. The summed E-state index contributed by atoms with van der Waals surface area (Å²) in [6.45, 7) is 4.74. The van der Waals surface area contributed by atoms with Gasteiger partial charge in [0.1, 0.15) is 18.5 Å². The molecule has 0 saturated carbocycles. The van der Waals surface area contributed by atoms with Gasteiger partial charge in [-0.2, -0.15) is 0 Å².